The highest BCUT2D eigenvalue weighted by atomic mass is 16.6. The molecule has 0 radical (unpaired) electrons. The van der Waals surface area contributed by atoms with E-state index < -0.39 is 0 Å². The monoisotopic (exact) mass is 624 g/mol. The Morgan fingerprint density at radius 2 is 1.16 bits per heavy atom. The maximum absolute atomic E-state index is 12.0. The van der Waals surface area contributed by atoms with Gasteiger partial charge in [-0.2, -0.15) is 0 Å². The largest absolute Gasteiger partial charge is 0.446 e. The van der Waals surface area contributed by atoms with Crippen LogP contribution in [-0.4, -0.2) is 84.0 Å². The molecule has 2 N–H and O–H groups in total. The molecule has 1 atom stereocenters. The number of ether oxygens (including phenoxy) is 5. The second kappa shape index (κ2) is 28.8. The average molecular weight is 625 g/mol. The molecule has 0 heterocycles. The number of carbonyl (C=O) groups excluding carboxylic acids is 2. The van der Waals surface area contributed by atoms with Gasteiger partial charge in [0.1, 0.15) is 6.10 Å². The minimum Gasteiger partial charge on any atom is -0.446 e. The van der Waals surface area contributed by atoms with Crippen molar-refractivity contribution >= 4 is 12.0 Å². The number of rotatable bonds is 21. The number of amides is 2. The molecule has 0 aromatic rings. The first kappa shape index (κ1) is 38.5. The molecule has 0 aromatic carbocycles. The van der Waals surface area contributed by atoms with Gasteiger partial charge in [0.05, 0.1) is 52.9 Å². The van der Waals surface area contributed by atoms with Crippen LogP contribution in [0.4, 0.5) is 4.79 Å². The predicted molar refractivity (Wildman–Crippen MR) is 175 cm³/mol. The van der Waals surface area contributed by atoms with Crippen LogP contribution >= 0.6 is 0 Å². The zero-order chi connectivity index (χ0) is 31.2. The Balaban J connectivity index is 1.27. The summed E-state index contributed by atoms with van der Waals surface area (Å²) in [6.07, 6.45) is 26.8. The lowest BCUT2D eigenvalue weighted by molar-refractivity contribution is -0.122. The third-order valence-corrected chi connectivity index (χ3v) is 8.43. The van der Waals surface area contributed by atoms with E-state index in [2.05, 4.69) is 22.8 Å². The van der Waals surface area contributed by atoms with Crippen molar-refractivity contribution in [1.82, 2.24) is 10.6 Å². The van der Waals surface area contributed by atoms with E-state index >= 15 is 0 Å². The maximum Gasteiger partial charge on any atom is 0.407 e. The lowest BCUT2D eigenvalue weighted by Gasteiger charge is -2.18. The van der Waals surface area contributed by atoms with Crippen molar-refractivity contribution in [2.45, 2.75) is 128 Å². The Bertz CT molecular complexity index is 711. The molecule has 1 unspecified atom stereocenters. The van der Waals surface area contributed by atoms with Gasteiger partial charge in [-0.25, -0.2) is 4.79 Å². The van der Waals surface area contributed by atoms with Crippen molar-refractivity contribution in [2.24, 2.45) is 5.92 Å². The number of carbonyl (C=O) groups is 2. The van der Waals surface area contributed by atoms with E-state index in [1.54, 1.807) is 0 Å². The molecule has 0 spiro atoms. The number of unbranched alkanes of at least 4 members (excludes halogenated alkanes) is 1. The summed E-state index contributed by atoms with van der Waals surface area (Å²) >= 11 is 0. The Morgan fingerprint density at radius 3 is 1.86 bits per heavy atom. The van der Waals surface area contributed by atoms with Crippen molar-refractivity contribution in [3.8, 4) is 0 Å². The van der Waals surface area contributed by atoms with Gasteiger partial charge < -0.3 is 34.3 Å². The first-order valence-electron chi connectivity index (χ1n) is 17.9. The zero-order valence-corrected chi connectivity index (χ0v) is 27.7. The summed E-state index contributed by atoms with van der Waals surface area (Å²) in [5, 5.41) is 5.79. The van der Waals surface area contributed by atoms with E-state index in [0.717, 1.165) is 57.4 Å². The van der Waals surface area contributed by atoms with E-state index in [0.29, 0.717) is 65.8 Å². The molecule has 9 nitrogen and oxygen atoms in total. The van der Waals surface area contributed by atoms with Crippen molar-refractivity contribution in [3.63, 3.8) is 0 Å². The highest BCUT2D eigenvalue weighted by Crippen LogP contribution is 2.25. The van der Waals surface area contributed by atoms with Gasteiger partial charge in [0, 0.05) is 19.5 Å². The van der Waals surface area contributed by atoms with Crippen molar-refractivity contribution in [3.05, 3.63) is 12.2 Å². The van der Waals surface area contributed by atoms with E-state index in [-0.39, 0.29) is 18.1 Å². The van der Waals surface area contributed by atoms with Gasteiger partial charge in [0.2, 0.25) is 5.91 Å². The van der Waals surface area contributed by atoms with Crippen LogP contribution in [0.15, 0.2) is 12.2 Å². The number of alkyl carbamates (subject to hydrolysis) is 1. The first-order valence-corrected chi connectivity index (χ1v) is 17.9. The van der Waals surface area contributed by atoms with Gasteiger partial charge in [-0.3, -0.25) is 4.79 Å². The van der Waals surface area contributed by atoms with Crippen LogP contribution < -0.4 is 10.6 Å². The molecule has 2 aliphatic rings. The van der Waals surface area contributed by atoms with Gasteiger partial charge >= 0.3 is 6.09 Å². The topological polar surface area (TPSA) is 104 Å². The van der Waals surface area contributed by atoms with Crippen LogP contribution in [0.2, 0.25) is 0 Å². The molecule has 0 saturated heterocycles. The standard InChI is InChI=1S/C35H64N2O7/c38-34(36-22-15-14-18-32-16-10-6-2-1-3-7-11-17-32)21-24-40-26-28-42-30-31-43-29-27-41-25-23-37-35(39)44-33-19-12-8-4-5-9-13-20-33/h4,8,32-33H,1-3,5-7,9-31H2,(H,36,38)(H,37,39)/b8-4+. The fourth-order valence-corrected chi connectivity index (χ4v) is 5.82. The maximum atomic E-state index is 12.0. The number of allylic oxidation sites excluding steroid dienone is 2. The van der Waals surface area contributed by atoms with Gasteiger partial charge in [0.25, 0.3) is 0 Å². The van der Waals surface area contributed by atoms with Crippen LogP contribution in [0.3, 0.4) is 0 Å². The highest BCUT2D eigenvalue weighted by Gasteiger charge is 2.14. The molecule has 2 rings (SSSR count). The smallest absolute Gasteiger partial charge is 0.407 e. The Hall–Kier alpha value is -1.68. The molecule has 0 aromatic heterocycles. The van der Waals surface area contributed by atoms with Crippen molar-refractivity contribution < 1.29 is 33.3 Å². The summed E-state index contributed by atoms with van der Waals surface area (Å²) in [7, 11) is 0. The highest BCUT2D eigenvalue weighted by molar-refractivity contribution is 5.75. The van der Waals surface area contributed by atoms with Crippen molar-refractivity contribution in [2.75, 3.05) is 65.9 Å². The summed E-state index contributed by atoms with van der Waals surface area (Å²) in [5.41, 5.74) is 0. The molecular weight excluding hydrogens is 560 g/mol. The molecular formula is C35H64N2O7. The molecule has 256 valence electrons. The molecule has 1 saturated carbocycles. The fraction of sp³-hybridized carbons (Fsp3) is 0.886. The summed E-state index contributed by atoms with van der Waals surface area (Å²) in [5.74, 6) is 0.954. The SMILES string of the molecule is O=C(CCOCCOCCOCCOCCNC(=O)OC1CC/C=C/CCCC1)NCCCCC1CCCCCCCCC1. The van der Waals surface area contributed by atoms with Crippen LogP contribution in [0, 0.1) is 5.92 Å². The second-order valence-electron chi connectivity index (χ2n) is 12.3. The molecule has 0 aliphatic heterocycles. The average Bonchev–Trinajstić information content (AvgIpc) is 3.16. The Kier molecular flexibility index (Phi) is 25.2. The van der Waals surface area contributed by atoms with Gasteiger partial charge in [0.15, 0.2) is 0 Å². The van der Waals surface area contributed by atoms with Crippen LogP contribution in [0.5, 0.6) is 0 Å². The molecule has 2 aliphatic carbocycles. The number of nitrogens with one attached hydrogen (secondary N) is 2. The molecule has 0 bridgehead atoms. The van der Waals surface area contributed by atoms with Crippen LogP contribution in [0.25, 0.3) is 0 Å². The molecule has 2 amide bonds. The number of hydrogen-bond acceptors (Lipinski definition) is 7. The second-order valence-corrected chi connectivity index (χ2v) is 12.3. The lowest BCUT2D eigenvalue weighted by atomic mass is 9.88. The van der Waals surface area contributed by atoms with Gasteiger partial charge in [-0.05, 0) is 50.9 Å². The van der Waals surface area contributed by atoms with E-state index in [1.165, 1.54) is 70.6 Å². The van der Waals surface area contributed by atoms with Gasteiger partial charge in [-0.1, -0.05) is 82.8 Å². The van der Waals surface area contributed by atoms with E-state index in [9.17, 15) is 9.59 Å². The molecule has 1 fully saturated rings. The fourth-order valence-electron chi connectivity index (χ4n) is 5.82. The zero-order valence-electron chi connectivity index (χ0n) is 27.7. The summed E-state index contributed by atoms with van der Waals surface area (Å²) < 4.78 is 27.6. The van der Waals surface area contributed by atoms with Crippen LogP contribution in [0.1, 0.15) is 122 Å². The minimum atomic E-state index is -0.367. The Labute approximate surface area is 267 Å². The normalized spacial score (nSPS) is 19.7. The third-order valence-electron chi connectivity index (χ3n) is 8.43. The lowest BCUT2D eigenvalue weighted by Crippen LogP contribution is -2.31. The summed E-state index contributed by atoms with van der Waals surface area (Å²) in [6.45, 7) is 4.83. The van der Waals surface area contributed by atoms with E-state index in [4.69, 9.17) is 23.7 Å². The third kappa shape index (κ3) is 23.7. The summed E-state index contributed by atoms with van der Waals surface area (Å²) in [6, 6.07) is 0. The first-order chi connectivity index (χ1) is 21.7. The number of hydrogen-bond donors (Lipinski definition) is 2. The Morgan fingerprint density at radius 1 is 0.568 bits per heavy atom. The molecule has 9 heteroatoms. The van der Waals surface area contributed by atoms with E-state index in [1.807, 2.05) is 0 Å². The minimum absolute atomic E-state index is 0.00787. The van der Waals surface area contributed by atoms with Crippen molar-refractivity contribution in [1.29, 1.82) is 0 Å². The van der Waals surface area contributed by atoms with Crippen LogP contribution in [-0.2, 0) is 28.5 Å². The quantitative estimate of drug-likeness (QED) is 0.106. The van der Waals surface area contributed by atoms with Gasteiger partial charge in [-0.15, -0.1) is 0 Å². The molecule has 44 heavy (non-hydrogen) atoms. The predicted octanol–water partition coefficient (Wildman–Crippen LogP) is 6.88. The summed E-state index contributed by atoms with van der Waals surface area (Å²) in [4.78, 5) is 24.0.